The molecule has 3 nitrogen and oxygen atoms in total. The van der Waals surface area contributed by atoms with E-state index in [1.165, 1.54) is 12.8 Å². The quantitative estimate of drug-likeness (QED) is 0.818. The van der Waals surface area contributed by atoms with E-state index in [1.807, 2.05) is 30.3 Å². The third-order valence-corrected chi connectivity index (χ3v) is 4.59. The van der Waals surface area contributed by atoms with E-state index in [0.29, 0.717) is 16.3 Å². The molecule has 5 heteroatoms. The molecule has 3 rings (SSSR count). The smallest absolute Gasteiger partial charge is 0.255 e. The Morgan fingerprint density at radius 2 is 1.77 bits per heavy atom. The number of halogens is 2. The molecule has 0 aromatic heterocycles. The van der Waals surface area contributed by atoms with Crippen molar-refractivity contribution in [2.45, 2.75) is 12.8 Å². The Labute approximate surface area is 143 Å². The lowest BCUT2D eigenvalue weighted by Crippen LogP contribution is -2.18. The van der Waals surface area contributed by atoms with Gasteiger partial charge in [0.2, 0.25) is 0 Å². The molecule has 1 N–H and O–H groups in total. The molecule has 114 valence electrons. The molecule has 1 saturated heterocycles. The van der Waals surface area contributed by atoms with E-state index in [9.17, 15) is 4.79 Å². The minimum atomic E-state index is -0.141. The van der Waals surface area contributed by atoms with Gasteiger partial charge in [-0.15, -0.1) is 0 Å². The van der Waals surface area contributed by atoms with Crippen molar-refractivity contribution in [1.29, 1.82) is 0 Å². The minimum absolute atomic E-state index is 0.141. The second-order valence-corrected chi connectivity index (χ2v) is 6.64. The second kappa shape index (κ2) is 6.71. The average molecular weight is 380 g/mol. The predicted octanol–water partition coefficient (Wildman–Crippen LogP) is 4.96. The molecule has 0 atom stereocenters. The van der Waals surface area contributed by atoms with E-state index in [-0.39, 0.29) is 5.91 Å². The van der Waals surface area contributed by atoms with Gasteiger partial charge in [0.1, 0.15) is 0 Å². The summed E-state index contributed by atoms with van der Waals surface area (Å²) in [6, 6.07) is 12.9. The van der Waals surface area contributed by atoms with Crippen LogP contribution in [0.2, 0.25) is 5.02 Å². The summed E-state index contributed by atoms with van der Waals surface area (Å²) < 4.78 is 0.946. The van der Waals surface area contributed by atoms with Crippen molar-refractivity contribution in [3.63, 3.8) is 0 Å². The van der Waals surface area contributed by atoms with Crippen molar-refractivity contribution in [2.24, 2.45) is 0 Å². The summed E-state index contributed by atoms with van der Waals surface area (Å²) in [4.78, 5) is 14.5. The number of benzene rings is 2. The van der Waals surface area contributed by atoms with Crippen LogP contribution in [-0.2, 0) is 0 Å². The normalized spacial score (nSPS) is 14.2. The maximum atomic E-state index is 12.2. The Morgan fingerprint density at radius 1 is 1.09 bits per heavy atom. The Kier molecular flexibility index (Phi) is 4.69. The first-order valence-electron chi connectivity index (χ1n) is 7.25. The molecule has 1 aliphatic rings. The SMILES string of the molecule is O=C(Nc1ccc(N2CCCC2)c(Cl)c1)c1ccc(Br)cc1. The summed E-state index contributed by atoms with van der Waals surface area (Å²) in [7, 11) is 0. The standard InChI is InChI=1S/C17H16BrClN2O/c18-13-5-3-12(4-6-13)17(22)20-14-7-8-16(15(19)11-14)21-9-1-2-10-21/h3-8,11H,1-2,9-10H2,(H,20,22). The third-order valence-electron chi connectivity index (χ3n) is 3.76. The molecule has 1 fully saturated rings. The van der Waals surface area contributed by atoms with Crippen molar-refractivity contribution in [2.75, 3.05) is 23.3 Å². The molecule has 0 radical (unpaired) electrons. The van der Waals surface area contributed by atoms with Crippen LogP contribution in [0, 0.1) is 0 Å². The number of carbonyl (C=O) groups is 1. The zero-order chi connectivity index (χ0) is 15.5. The molecule has 22 heavy (non-hydrogen) atoms. The van der Waals surface area contributed by atoms with Gasteiger partial charge in [0, 0.05) is 28.8 Å². The first kappa shape index (κ1) is 15.4. The first-order valence-corrected chi connectivity index (χ1v) is 8.42. The van der Waals surface area contributed by atoms with Crippen molar-refractivity contribution in [3.8, 4) is 0 Å². The molecule has 0 saturated carbocycles. The average Bonchev–Trinajstić information content (AvgIpc) is 3.02. The molecule has 0 aliphatic carbocycles. The summed E-state index contributed by atoms with van der Waals surface area (Å²) in [5.41, 5.74) is 2.37. The minimum Gasteiger partial charge on any atom is -0.370 e. The molecular weight excluding hydrogens is 364 g/mol. The lowest BCUT2D eigenvalue weighted by atomic mass is 10.2. The molecule has 1 aliphatic heterocycles. The number of nitrogens with one attached hydrogen (secondary N) is 1. The maximum absolute atomic E-state index is 12.2. The highest BCUT2D eigenvalue weighted by Crippen LogP contribution is 2.31. The highest BCUT2D eigenvalue weighted by atomic mass is 79.9. The number of nitrogens with zero attached hydrogens (tertiary/aromatic N) is 1. The van der Waals surface area contributed by atoms with Gasteiger partial charge >= 0.3 is 0 Å². The second-order valence-electron chi connectivity index (χ2n) is 5.32. The van der Waals surface area contributed by atoms with E-state index >= 15 is 0 Å². The fourth-order valence-corrected chi connectivity index (χ4v) is 3.17. The molecular formula is C17H16BrClN2O. The molecule has 0 unspecified atom stereocenters. The van der Waals surface area contributed by atoms with Crippen molar-refractivity contribution >= 4 is 44.8 Å². The van der Waals surface area contributed by atoms with Crippen LogP contribution in [0.5, 0.6) is 0 Å². The van der Waals surface area contributed by atoms with E-state index in [2.05, 4.69) is 26.1 Å². The van der Waals surface area contributed by atoms with Crippen LogP contribution < -0.4 is 10.2 Å². The van der Waals surface area contributed by atoms with Gasteiger partial charge in [0.05, 0.1) is 10.7 Å². The zero-order valence-corrected chi connectivity index (χ0v) is 14.3. The Morgan fingerprint density at radius 3 is 2.41 bits per heavy atom. The molecule has 2 aromatic rings. The topological polar surface area (TPSA) is 32.3 Å². The molecule has 0 spiro atoms. The van der Waals surface area contributed by atoms with Crippen LogP contribution in [0.3, 0.4) is 0 Å². The number of anilines is 2. The van der Waals surface area contributed by atoms with Crippen LogP contribution in [0.4, 0.5) is 11.4 Å². The van der Waals surface area contributed by atoms with Gasteiger partial charge in [-0.3, -0.25) is 4.79 Å². The van der Waals surface area contributed by atoms with Crippen LogP contribution >= 0.6 is 27.5 Å². The summed E-state index contributed by atoms with van der Waals surface area (Å²) in [6.07, 6.45) is 2.41. The van der Waals surface area contributed by atoms with E-state index in [0.717, 1.165) is 23.2 Å². The van der Waals surface area contributed by atoms with Gasteiger partial charge in [0.25, 0.3) is 5.91 Å². The fraction of sp³-hybridized carbons (Fsp3) is 0.235. The van der Waals surface area contributed by atoms with Crippen LogP contribution in [-0.4, -0.2) is 19.0 Å². The third kappa shape index (κ3) is 3.45. The Bertz CT molecular complexity index is 682. The summed E-state index contributed by atoms with van der Waals surface area (Å²) in [5, 5.41) is 3.56. The van der Waals surface area contributed by atoms with Crippen molar-refractivity contribution in [3.05, 3.63) is 57.5 Å². The lowest BCUT2D eigenvalue weighted by Gasteiger charge is -2.19. The molecule has 1 heterocycles. The number of amides is 1. The summed E-state index contributed by atoms with van der Waals surface area (Å²) >= 11 is 9.72. The molecule has 2 aromatic carbocycles. The van der Waals surface area contributed by atoms with E-state index < -0.39 is 0 Å². The van der Waals surface area contributed by atoms with Gasteiger partial charge in [-0.25, -0.2) is 0 Å². The first-order chi connectivity index (χ1) is 10.6. The van der Waals surface area contributed by atoms with Gasteiger partial charge in [-0.1, -0.05) is 27.5 Å². The highest BCUT2D eigenvalue weighted by molar-refractivity contribution is 9.10. The monoisotopic (exact) mass is 378 g/mol. The number of rotatable bonds is 3. The lowest BCUT2D eigenvalue weighted by molar-refractivity contribution is 0.102. The van der Waals surface area contributed by atoms with Gasteiger partial charge in [-0.2, -0.15) is 0 Å². The number of carbonyl (C=O) groups excluding carboxylic acids is 1. The van der Waals surface area contributed by atoms with Crippen LogP contribution in [0.1, 0.15) is 23.2 Å². The van der Waals surface area contributed by atoms with Gasteiger partial charge in [-0.05, 0) is 55.3 Å². The predicted molar refractivity (Wildman–Crippen MR) is 95.0 cm³/mol. The van der Waals surface area contributed by atoms with Crippen LogP contribution in [0.15, 0.2) is 46.9 Å². The molecule has 0 bridgehead atoms. The zero-order valence-electron chi connectivity index (χ0n) is 12.0. The maximum Gasteiger partial charge on any atom is 0.255 e. The molecule has 1 amide bonds. The fourth-order valence-electron chi connectivity index (χ4n) is 2.60. The summed E-state index contributed by atoms with van der Waals surface area (Å²) in [6.45, 7) is 2.09. The largest absolute Gasteiger partial charge is 0.370 e. The summed E-state index contributed by atoms with van der Waals surface area (Å²) in [5.74, 6) is -0.141. The number of hydrogen-bond donors (Lipinski definition) is 1. The van der Waals surface area contributed by atoms with Crippen molar-refractivity contribution in [1.82, 2.24) is 0 Å². The van der Waals surface area contributed by atoms with E-state index in [1.54, 1.807) is 12.1 Å². The van der Waals surface area contributed by atoms with Gasteiger partial charge in [0.15, 0.2) is 0 Å². The number of hydrogen-bond acceptors (Lipinski definition) is 2. The Hall–Kier alpha value is -1.52. The Balaban J connectivity index is 1.73. The van der Waals surface area contributed by atoms with Crippen LogP contribution in [0.25, 0.3) is 0 Å². The highest BCUT2D eigenvalue weighted by Gasteiger charge is 2.15. The van der Waals surface area contributed by atoms with Gasteiger partial charge < -0.3 is 10.2 Å². The van der Waals surface area contributed by atoms with E-state index in [4.69, 9.17) is 11.6 Å². The van der Waals surface area contributed by atoms with Crippen molar-refractivity contribution < 1.29 is 4.79 Å².